The molecule has 0 aliphatic heterocycles. The van der Waals surface area contributed by atoms with E-state index in [1.54, 1.807) is 0 Å². The van der Waals surface area contributed by atoms with Gasteiger partial charge in [-0.1, -0.05) is 0 Å². The molecule has 6 nitrogen and oxygen atoms in total. The van der Waals surface area contributed by atoms with Crippen LogP contribution in [0.25, 0.3) is 0 Å². The first-order valence-electron chi connectivity index (χ1n) is 9.35. The minimum atomic E-state index is -0.869. The molecule has 1 atom stereocenters. The number of amides is 2. The van der Waals surface area contributed by atoms with Crippen LogP contribution in [-0.4, -0.2) is 47.5 Å². The topological polar surface area (TPSA) is 81.7 Å². The lowest BCUT2D eigenvalue weighted by Crippen LogP contribution is -2.41. The third-order valence-electron chi connectivity index (χ3n) is 5.00. The molecule has 3 N–H and O–H groups in total. The molecule has 2 aromatic carbocycles. The van der Waals surface area contributed by atoms with Gasteiger partial charge in [0.2, 0.25) is 0 Å². The summed E-state index contributed by atoms with van der Waals surface area (Å²) < 4.78 is 26.5. The molecule has 1 saturated carbocycles. The fraction of sp³-hybridized carbons (Fsp3) is 0.333. The number of carbonyl (C=O) groups is 2. The van der Waals surface area contributed by atoms with Crippen molar-refractivity contribution in [1.29, 1.82) is 0 Å². The number of phenolic OH excluding ortho intramolecular Hbond substituents is 1. The Morgan fingerprint density at radius 2 is 1.79 bits per heavy atom. The Hall–Kier alpha value is -3.00. The smallest absolute Gasteiger partial charge is 0.255 e. The van der Waals surface area contributed by atoms with Gasteiger partial charge in [-0.25, -0.2) is 8.78 Å². The molecule has 0 aromatic heterocycles. The quantitative estimate of drug-likeness (QED) is 0.664. The lowest BCUT2D eigenvalue weighted by atomic mass is 10.1. The highest BCUT2D eigenvalue weighted by atomic mass is 19.1. The Morgan fingerprint density at radius 1 is 1.14 bits per heavy atom. The molecular formula is C21H23F2N3O3. The maximum Gasteiger partial charge on any atom is 0.255 e. The number of carbonyl (C=O) groups excluding carboxylic acids is 2. The number of hydrogen-bond acceptors (Lipinski definition) is 4. The van der Waals surface area contributed by atoms with E-state index in [0.717, 1.165) is 12.1 Å². The fourth-order valence-corrected chi connectivity index (χ4v) is 3.01. The summed E-state index contributed by atoms with van der Waals surface area (Å²) in [6, 6.07) is 7.23. The van der Waals surface area contributed by atoms with E-state index in [2.05, 4.69) is 15.5 Å². The molecular weight excluding hydrogens is 380 g/mol. The number of halogens is 2. The van der Waals surface area contributed by atoms with Crippen molar-refractivity contribution < 1.29 is 23.5 Å². The molecule has 1 aliphatic carbocycles. The van der Waals surface area contributed by atoms with Gasteiger partial charge >= 0.3 is 0 Å². The summed E-state index contributed by atoms with van der Waals surface area (Å²) in [7, 11) is 2.02. The fourth-order valence-electron chi connectivity index (χ4n) is 3.01. The van der Waals surface area contributed by atoms with Crippen molar-refractivity contribution in [3.05, 3.63) is 59.2 Å². The summed E-state index contributed by atoms with van der Waals surface area (Å²) in [5.74, 6) is -3.22. The minimum absolute atomic E-state index is 0.0704. The van der Waals surface area contributed by atoms with Crippen LogP contribution in [0.15, 0.2) is 36.4 Å². The van der Waals surface area contributed by atoms with Gasteiger partial charge in [0.05, 0.1) is 5.56 Å². The lowest BCUT2D eigenvalue weighted by Gasteiger charge is -2.24. The van der Waals surface area contributed by atoms with Crippen molar-refractivity contribution in [3.8, 4) is 5.75 Å². The number of hydrogen-bond donors (Lipinski definition) is 3. The highest BCUT2D eigenvalue weighted by Crippen LogP contribution is 2.27. The molecule has 0 saturated heterocycles. The number of anilines is 1. The van der Waals surface area contributed by atoms with Crippen molar-refractivity contribution in [2.75, 3.05) is 18.9 Å². The number of nitrogens with zero attached hydrogens (tertiary/aromatic N) is 1. The van der Waals surface area contributed by atoms with Crippen LogP contribution < -0.4 is 10.6 Å². The van der Waals surface area contributed by atoms with Crippen LogP contribution in [0.3, 0.4) is 0 Å². The highest BCUT2D eigenvalue weighted by molar-refractivity contribution is 6.05. The van der Waals surface area contributed by atoms with E-state index in [4.69, 9.17) is 0 Å². The van der Waals surface area contributed by atoms with E-state index < -0.39 is 23.4 Å². The molecule has 1 unspecified atom stereocenters. The van der Waals surface area contributed by atoms with Crippen LogP contribution in [0.4, 0.5) is 14.5 Å². The predicted octanol–water partition coefficient (Wildman–Crippen LogP) is 3.14. The molecule has 0 bridgehead atoms. The molecule has 0 radical (unpaired) electrons. The van der Waals surface area contributed by atoms with Gasteiger partial charge < -0.3 is 15.7 Å². The van der Waals surface area contributed by atoms with Crippen LogP contribution in [0.2, 0.25) is 0 Å². The van der Waals surface area contributed by atoms with E-state index in [0.29, 0.717) is 18.7 Å². The summed E-state index contributed by atoms with van der Waals surface area (Å²) >= 11 is 0. The molecule has 0 heterocycles. The third-order valence-corrected chi connectivity index (χ3v) is 5.00. The van der Waals surface area contributed by atoms with E-state index in [-0.39, 0.29) is 28.6 Å². The minimum Gasteiger partial charge on any atom is -0.507 e. The van der Waals surface area contributed by atoms with Gasteiger partial charge in [0, 0.05) is 42.0 Å². The zero-order valence-corrected chi connectivity index (χ0v) is 16.2. The Morgan fingerprint density at radius 3 is 2.38 bits per heavy atom. The maximum atomic E-state index is 13.3. The van der Waals surface area contributed by atoms with Gasteiger partial charge in [0.1, 0.15) is 17.4 Å². The molecule has 3 rings (SSSR count). The Bertz CT molecular complexity index is 911. The van der Waals surface area contributed by atoms with Gasteiger partial charge in [-0.3, -0.25) is 14.5 Å². The van der Waals surface area contributed by atoms with Crippen LogP contribution in [0.5, 0.6) is 5.75 Å². The van der Waals surface area contributed by atoms with Crippen LogP contribution >= 0.6 is 0 Å². The van der Waals surface area contributed by atoms with Gasteiger partial charge in [0.25, 0.3) is 11.8 Å². The van der Waals surface area contributed by atoms with Gasteiger partial charge in [-0.2, -0.15) is 0 Å². The van der Waals surface area contributed by atoms with Crippen LogP contribution in [0.1, 0.15) is 40.5 Å². The van der Waals surface area contributed by atoms with E-state index in [1.807, 2.05) is 14.0 Å². The molecule has 2 amide bonds. The first-order valence-corrected chi connectivity index (χ1v) is 9.35. The first kappa shape index (κ1) is 20.7. The first-order chi connectivity index (χ1) is 13.7. The molecule has 29 heavy (non-hydrogen) atoms. The second-order valence-electron chi connectivity index (χ2n) is 7.30. The zero-order valence-electron chi connectivity index (χ0n) is 16.2. The number of nitrogens with one attached hydrogen (secondary N) is 2. The number of phenols is 1. The maximum absolute atomic E-state index is 13.3. The SMILES string of the molecule is CC(CNC(=O)c1ccc(NC(=O)c2cc(F)cc(F)c2)cc1O)N(C)C1CC1. The number of benzene rings is 2. The van der Waals surface area contributed by atoms with Crippen molar-refractivity contribution in [3.63, 3.8) is 0 Å². The number of likely N-dealkylation sites (N-methyl/N-ethyl adjacent to an activating group) is 1. The van der Waals surface area contributed by atoms with Gasteiger partial charge in [-0.15, -0.1) is 0 Å². The van der Waals surface area contributed by atoms with E-state index >= 15 is 0 Å². The summed E-state index contributed by atoms with van der Waals surface area (Å²) in [5.41, 5.74) is 0.0641. The van der Waals surface area contributed by atoms with Crippen molar-refractivity contribution in [2.24, 2.45) is 0 Å². The Labute approximate surface area is 167 Å². The third kappa shape index (κ3) is 5.29. The second kappa shape index (κ2) is 8.57. The number of rotatable bonds is 7. The molecule has 8 heteroatoms. The predicted molar refractivity (Wildman–Crippen MR) is 105 cm³/mol. The van der Waals surface area contributed by atoms with Gasteiger partial charge in [0.15, 0.2) is 0 Å². The monoisotopic (exact) mass is 403 g/mol. The van der Waals surface area contributed by atoms with Crippen molar-refractivity contribution in [2.45, 2.75) is 31.8 Å². The van der Waals surface area contributed by atoms with E-state index in [9.17, 15) is 23.5 Å². The molecule has 1 aliphatic rings. The molecule has 2 aromatic rings. The standard InChI is InChI=1S/C21H23F2N3O3/c1-12(26(2)17-4-5-17)11-24-21(29)18-6-3-16(10-19(18)27)25-20(28)13-7-14(22)9-15(23)8-13/h3,6-10,12,17,27H,4-5,11H2,1-2H3,(H,24,29)(H,25,28). The Kier molecular flexibility index (Phi) is 6.12. The number of aromatic hydroxyl groups is 1. The van der Waals surface area contributed by atoms with Crippen LogP contribution in [-0.2, 0) is 0 Å². The molecule has 154 valence electrons. The molecule has 1 fully saturated rings. The zero-order chi connectivity index (χ0) is 21.1. The van der Waals surface area contributed by atoms with E-state index in [1.165, 1.54) is 31.0 Å². The summed E-state index contributed by atoms with van der Waals surface area (Å²) in [4.78, 5) is 26.7. The average molecular weight is 403 g/mol. The van der Waals surface area contributed by atoms with Crippen molar-refractivity contribution >= 4 is 17.5 Å². The normalized spacial score (nSPS) is 14.5. The molecule has 0 spiro atoms. The summed E-state index contributed by atoms with van der Waals surface area (Å²) in [6.07, 6.45) is 2.34. The van der Waals surface area contributed by atoms with Crippen LogP contribution in [0, 0.1) is 11.6 Å². The Balaban J connectivity index is 1.61. The second-order valence-corrected chi connectivity index (χ2v) is 7.30. The highest BCUT2D eigenvalue weighted by Gasteiger charge is 2.29. The largest absolute Gasteiger partial charge is 0.507 e. The average Bonchev–Trinajstić information content (AvgIpc) is 3.49. The summed E-state index contributed by atoms with van der Waals surface area (Å²) in [5, 5.41) is 15.4. The van der Waals surface area contributed by atoms with Crippen molar-refractivity contribution in [1.82, 2.24) is 10.2 Å². The lowest BCUT2D eigenvalue weighted by molar-refractivity contribution is 0.0936. The summed E-state index contributed by atoms with van der Waals surface area (Å²) in [6.45, 7) is 2.46. The van der Waals surface area contributed by atoms with Gasteiger partial charge in [-0.05, 0) is 51.1 Å².